The second-order valence-electron chi connectivity index (χ2n) is 4.55. The Balaban J connectivity index is 1.92. The van der Waals surface area contributed by atoms with Crippen LogP contribution < -0.4 is 5.32 Å². The monoisotopic (exact) mass is 253 g/mol. The SMILES string of the molecule is Cc1cc(NCc2ccncc2)n2nc(C)cc2n1. The first-order chi connectivity index (χ1) is 9.22. The Bertz CT molecular complexity index is 702. The van der Waals surface area contributed by atoms with Gasteiger partial charge in [-0.25, -0.2) is 4.98 Å². The van der Waals surface area contributed by atoms with Crippen molar-refractivity contribution in [2.75, 3.05) is 5.32 Å². The van der Waals surface area contributed by atoms with Crippen LogP contribution >= 0.6 is 0 Å². The molecule has 19 heavy (non-hydrogen) atoms. The van der Waals surface area contributed by atoms with Crippen LogP contribution in [-0.2, 0) is 6.54 Å². The number of rotatable bonds is 3. The van der Waals surface area contributed by atoms with Crippen molar-refractivity contribution in [3.8, 4) is 0 Å². The lowest BCUT2D eigenvalue weighted by Crippen LogP contribution is -2.06. The number of hydrogen-bond acceptors (Lipinski definition) is 4. The van der Waals surface area contributed by atoms with Gasteiger partial charge in [-0.1, -0.05) is 0 Å². The van der Waals surface area contributed by atoms with E-state index < -0.39 is 0 Å². The lowest BCUT2D eigenvalue weighted by atomic mass is 10.3. The van der Waals surface area contributed by atoms with Gasteiger partial charge in [0.2, 0.25) is 0 Å². The topological polar surface area (TPSA) is 55.1 Å². The minimum absolute atomic E-state index is 0.736. The molecule has 0 aliphatic carbocycles. The van der Waals surface area contributed by atoms with E-state index in [4.69, 9.17) is 0 Å². The third kappa shape index (κ3) is 2.40. The second kappa shape index (κ2) is 4.68. The fourth-order valence-corrected chi connectivity index (χ4v) is 2.03. The van der Waals surface area contributed by atoms with Crippen LogP contribution in [0, 0.1) is 13.8 Å². The Morgan fingerprint density at radius 1 is 1.11 bits per heavy atom. The standard InChI is InChI=1S/C14H15N5/c1-10-7-13(16-9-12-3-5-15-6-4-12)19-14(17-10)8-11(2)18-19/h3-8,16H,9H2,1-2H3. The number of aryl methyl sites for hydroxylation is 2. The van der Waals surface area contributed by atoms with Crippen molar-refractivity contribution in [3.05, 3.63) is 53.6 Å². The van der Waals surface area contributed by atoms with Crippen molar-refractivity contribution < 1.29 is 0 Å². The first-order valence-electron chi connectivity index (χ1n) is 6.19. The van der Waals surface area contributed by atoms with E-state index in [1.54, 1.807) is 12.4 Å². The van der Waals surface area contributed by atoms with Crippen LogP contribution in [-0.4, -0.2) is 19.6 Å². The maximum atomic E-state index is 4.46. The summed E-state index contributed by atoms with van der Waals surface area (Å²) in [5.41, 5.74) is 3.99. The quantitative estimate of drug-likeness (QED) is 0.778. The molecule has 0 atom stereocenters. The predicted molar refractivity (Wildman–Crippen MR) is 74.0 cm³/mol. The Kier molecular flexibility index (Phi) is 2.87. The van der Waals surface area contributed by atoms with Gasteiger partial charge in [0.15, 0.2) is 5.65 Å². The van der Waals surface area contributed by atoms with Gasteiger partial charge in [-0.05, 0) is 31.5 Å². The Morgan fingerprint density at radius 2 is 1.89 bits per heavy atom. The molecule has 0 aliphatic heterocycles. The van der Waals surface area contributed by atoms with E-state index in [2.05, 4.69) is 20.4 Å². The van der Waals surface area contributed by atoms with Crippen molar-refractivity contribution in [2.45, 2.75) is 20.4 Å². The number of aromatic nitrogens is 4. The van der Waals surface area contributed by atoms with Gasteiger partial charge in [0.05, 0.1) is 5.69 Å². The molecule has 0 saturated carbocycles. The summed E-state index contributed by atoms with van der Waals surface area (Å²) in [6.07, 6.45) is 3.59. The summed E-state index contributed by atoms with van der Waals surface area (Å²) in [6.45, 7) is 4.69. The molecule has 3 aromatic rings. The molecular formula is C14H15N5. The molecule has 0 fully saturated rings. The number of pyridine rings is 1. The molecule has 0 bridgehead atoms. The van der Waals surface area contributed by atoms with Crippen LogP contribution in [0.2, 0.25) is 0 Å². The molecule has 0 radical (unpaired) electrons. The molecule has 3 heterocycles. The van der Waals surface area contributed by atoms with E-state index in [9.17, 15) is 0 Å². The van der Waals surface area contributed by atoms with Gasteiger partial charge in [-0.2, -0.15) is 9.61 Å². The average molecular weight is 253 g/mol. The highest BCUT2D eigenvalue weighted by Gasteiger charge is 2.05. The highest BCUT2D eigenvalue weighted by molar-refractivity contribution is 5.50. The number of hydrogen-bond donors (Lipinski definition) is 1. The molecule has 1 N–H and O–H groups in total. The molecule has 0 aliphatic rings. The first-order valence-corrected chi connectivity index (χ1v) is 6.19. The van der Waals surface area contributed by atoms with E-state index in [0.717, 1.165) is 29.4 Å². The van der Waals surface area contributed by atoms with Crippen LogP contribution in [0.15, 0.2) is 36.7 Å². The number of nitrogens with one attached hydrogen (secondary N) is 1. The fourth-order valence-electron chi connectivity index (χ4n) is 2.03. The zero-order valence-electron chi connectivity index (χ0n) is 11.0. The van der Waals surface area contributed by atoms with Crippen LogP contribution in [0.4, 0.5) is 5.82 Å². The van der Waals surface area contributed by atoms with Crippen LogP contribution in [0.1, 0.15) is 17.0 Å². The average Bonchev–Trinajstić information content (AvgIpc) is 2.77. The minimum Gasteiger partial charge on any atom is -0.366 e. The van der Waals surface area contributed by atoms with Gasteiger partial charge in [0.1, 0.15) is 5.82 Å². The van der Waals surface area contributed by atoms with Gasteiger partial charge in [0.25, 0.3) is 0 Å². The normalized spacial score (nSPS) is 10.8. The van der Waals surface area contributed by atoms with Crippen molar-refractivity contribution in [1.82, 2.24) is 19.6 Å². The lowest BCUT2D eigenvalue weighted by molar-refractivity contribution is 0.899. The molecule has 0 amide bonds. The van der Waals surface area contributed by atoms with Crippen molar-refractivity contribution in [2.24, 2.45) is 0 Å². The van der Waals surface area contributed by atoms with Crippen molar-refractivity contribution >= 4 is 11.5 Å². The van der Waals surface area contributed by atoms with Gasteiger partial charge in [-0.3, -0.25) is 4.98 Å². The van der Waals surface area contributed by atoms with E-state index >= 15 is 0 Å². The Hall–Kier alpha value is -2.43. The molecule has 3 rings (SSSR count). The molecular weight excluding hydrogens is 238 g/mol. The molecule has 0 spiro atoms. The summed E-state index contributed by atoms with van der Waals surface area (Å²) in [5.74, 6) is 0.951. The summed E-state index contributed by atoms with van der Waals surface area (Å²) >= 11 is 0. The molecule has 5 nitrogen and oxygen atoms in total. The van der Waals surface area contributed by atoms with E-state index in [1.807, 2.05) is 42.6 Å². The molecule has 0 aromatic carbocycles. The maximum Gasteiger partial charge on any atom is 0.157 e. The van der Waals surface area contributed by atoms with Crippen LogP contribution in [0.5, 0.6) is 0 Å². The van der Waals surface area contributed by atoms with E-state index in [-0.39, 0.29) is 0 Å². The third-order valence-electron chi connectivity index (χ3n) is 2.90. The Morgan fingerprint density at radius 3 is 2.68 bits per heavy atom. The fraction of sp³-hybridized carbons (Fsp3) is 0.214. The van der Waals surface area contributed by atoms with Crippen LogP contribution in [0.25, 0.3) is 5.65 Å². The van der Waals surface area contributed by atoms with E-state index in [1.165, 1.54) is 5.56 Å². The predicted octanol–water partition coefficient (Wildman–Crippen LogP) is 2.35. The Labute approximate surface area is 111 Å². The van der Waals surface area contributed by atoms with Crippen molar-refractivity contribution in [1.29, 1.82) is 0 Å². The van der Waals surface area contributed by atoms with Gasteiger partial charge < -0.3 is 5.32 Å². The molecule has 0 unspecified atom stereocenters. The van der Waals surface area contributed by atoms with Gasteiger partial charge in [-0.15, -0.1) is 0 Å². The summed E-state index contributed by atoms with van der Waals surface area (Å²) in [5, 5.41) is 7.84. The zero-order valence-corrected chi connectivity index (χ0v) is 11.0. The summed E-state index contributed by atoms with van der Waals surface area (Å²) in [7, 11) is 0. The molecule has 96 valence electrons. The first kappa shape index (κ1) is 11.6. The van der Waals surface area contributed by atoms with Crippen molar-refractivity contribution in [3.63, 3.8) is 0 Å². The molecule has 5 heteroatoms. The summed E-state index contributed by atoms with van der Waals surface area (Å²) in [4.78, 5) is 8.48. The largest absolute Gasteiger partial charge is 0.366 e. The molecule has 3 aromatic heterocycles. The van der Waals surface area contributed by atoms with Crippen LogP contribution in [0.3, 0.4) is 0 Å². The number of fused-ring (bicyclic) bond motifs is 1. The highest BCUT2D eigenvalue weighted by atomic mass is 15.3. The number of nitrogens with zero attached hydrogens (tertiary/aromatic N) is 4. The minimum atomic E-state index is 0.736. The smallest absolute Gasteiger partial charge is 0.157 e. The molecule has 0 saturated heterocycles. The zero-order chi connectivity index (χ0) is 13.2. The lowest BCUT2D eigenvalue weighted by Gasteiger charge is -2.09. The maximum absolute atomic E-state index is 4.46. The van der Waals surface area contributed by atoms with E-state index in [0.29, 0.717) is 0 Å². The second-order valence-corrected chi connectivity index (χ2v) is 4.55. The summed E-state index contributed by atoms with van der Waals surface area (Å²) in [6, 6.07) is 7.96. The van der Waals surface area contributed by atoms with Gasteiger partial charge >= 0.3 is 0 Å². The summed E-state index contributed by atoms with van der Waals surface area (Å²) < 4.78 is 1.84. The highest BCUT2D eigenvalue weighted by Crippen LogP contribution is 2.14. The third-order valence-corrected chi connectivity index (χ3v) is 2.90. The van der Waals surface area contributed by atoms with Gasteiger partial charge in [0, 0.05) is 36.8 Å². The number of anilines is 1.